The second kappa shape index (κ2) is 9.12. The van der Waals surface area contributed by atoms with E-state index in [4.69, 9.17) is 17.0 Å². The molecule has 1 amide bonds. The quantitative estimate of drug-likeness (QED) is 0.425. The normalized spacial score (nSPS) is 11.4. The second-order valence-electron chi connectivity index (χ2n) is 4.41. The molecule has 0 spiro atoms. The number of hydrazine groups is 1. The highest BCUT2D eigenvalue weighted by atomic mass is 32.1. The van der Waals surface area contributed by atoms with Crippen molar-refractivity contribution in [2.75, 3.05) is 6.54 Å². The predicted octanol–water partition coefficient (Wildman–Crippen LogP) is 1.89. The van der Waals surface area contributed by atoms with Crippen LogP contribution in [0.25, 0.3) is 0 Å². The third-order valence-electron chi connectivity index (χ3n) is 2.62. The largest absolute Gasteiger partial charge is 0.478 e. The van der Waals surface area contributed by atoms with Crippen LogP contribution in [0.3, 0.4) is 0 Å². The van der Waals surface area contributed by atoms with Gasteiger partial charge in [0.05, 0.1) is 0 Å². The maximum Gasteiger partial charge on any atom is 0.279 e. The molecule has 0 radical (unpaired) electrons. The van der Waals surface area contributed by atoms with Gasteiger partial charge in [-0.1, -0.05) is 25.5 Å². The zero-order chi connectivity index (χ0) is 15.7. The summed E-state index contributed by atoms with van der Waals surface area (Å²) in [6.07, 6.45) is 1.19. The van der Waals surface area contributed by atoms with Gasteiger partial charge in [0, 0.05) is 6.54 Å². The summed E-state index contributed by atoms with van der Waals surface area (Å²) in [4.78, 5) is 11.8. The number of hydrogen-bond acceptors (Lipinski definition) is 3. The Bertz CT molecular complexity index is 485. The fraction of sp³-hybridized carbons (Fsp3) is 0.429. The minimum Gasteiger partial charge on any atom is -0.478 e. The van der Waals surface area contributed by atoms with Crippen molar-refractivity contribution in [3.8, 4) is 5.75 Å². The van der Waals surface area contributed by atoms with E-state index in [9.17, 15) is 9.18 Å². The average Bonchev–Trinajstić information content (AvgIpc) is 2.47. The van der Waals surface area contributed by atoms with Crippen LogP contribution in [-0.2, 0) is 4.79 Å². The van der Waals surface area contributed by atoms with Crippen molar-refractivity contribution in [3.63, 3.8) is 0 Å². The number of ether oxygens (including phenoxy) is 1. The topological polar surface area (TPSA) is 62.4 Å². The van der Waals surface area contributed by atoms with Crippen LogP contribution in [-0.4, -0.2) is 23.7 Å². The van der Waals surface area contributed by atoms with Crippen molar-refractivity contribution in [1.82, 2.24) is 16.2 Å². The van der Waals surface area contributed by atoms with Gasteiger partial charge in [0.15, 0.2) is 22.8 Å². The molecule has 0 aliphatic rings. The lowest BCUT2D eigenvalue weighted by Crippen LogP contribution is -2.50. The smallest absolute Gasteiger partial charge is 0.279 e. The summed E-state index contributed by atoms with van der Waals surface area (Å²) in [5, 5.41) is 3.27. The summed E-state index contributed by atoms with van der Waals surface area (Å²) >= 11 is 4.99. The van der Waals surface area contributed by atoms with Crippen molar-refractivity contribution >= 4 is 23.2 Å². The highest BCUT2D eigenvalue weighted by molar-refractivity contribution is 7.80. The molecule has 21 heavy (non-hydrogen) atoms. The number of carbonyl (C=O) groups excluding carboxylic acids is 1. The van der Waals surface area contributed by atoms with E-state index in [1.165, 1.54) is 19.1 Å². The number of nitrogens with one attached hydrogen (secondary N) is 3. The summed E-state index contributed by atoms with van der Waals surface area (Å²) in [5.41, 5.74) is 4.98. The minimum absolute atomic E-state index is 0.0313. The van der Waals surface area contributed by atoms with Gasteiger partial charge >= 0.3 is 0 Å². The van der Waals surface area contributed by atoms with Crippen molar-refractivity contribution < 1.29 is 13.9 Å². The number of hydrogen-bond donors (Lipinski definition) is 3. The van der Waals surface area contributed by atoms with Crippen molar-refractivity contribution in [3.05, 3.63) is 30.1 Å². The molecule has 0 fully saturated rings. The Hall–Kier alpha value is -1.89. The van der Waals surface area contributed by atoms with Crippen molar-refractivity contribution in [2.45, 2.75) is 32.8 Å². The number of carbonyl (C=O) groups is 1. The Kier molecular flexibility index (Phi) is 7.45. The molecule has 0 aliphatic carbocycles. The number of para-hydroxylation sites is 1. The summed E-state index contributed by atoms with van der Waals surface area (Å²) in [6, 6.07) is 5.91. The van der Waals surface area contributed by atoms with E-state index in [-0.39, 0.29) is 5.75 Å². The number of unbranched alkanes of at least 4 members (excludes halogenated alkanes) is 1. The lowest BCUT2D eigenvalue weighted by molar-refractivity contribution is -0.127. The highest BCUT2D eigenvalue weighted by Gasteiger charge is 2.16. The molecule has 0 saturated carbocycles. The molecular formula is C14H20FN3O2S. The second-order valence-corrected chi connectivity index (χ2v) is 4.82. The van der Waals surface area contributed by atoms with E-state index in [0.717, 1.165) is 19.4 Å². The molecule has 0 aliphatic heterocycles. The molecule has 0 heterocycles. The lowest BCUT2D eigenvalue weighted by Gasteiger charge is -2.16. The maximum atomic E-state index is 13.4. The molecule has 7 heteroatoms. The van der Waals surface area contributed by atoms with Gasteiger partial charge in [0.1, 0.15) is 0 Å². The number of rotatable bonds is 6. The maximum absolute atomic E-state index is 13.4. The number of benzene rings is 1. The van der Waals surface area contributed by atoms with Crippen LogP contribution in [0.4, 0.5) is 4.39 Å². The van der Waals surface area contributed by atoms with Crippen molar-refractivity contribution in [1.29, 1.82) is 0 Å². The van der Waals surface area contributed by atoms with Crippen LogP contribution in [0.1, 0.15) is 26.7 Å². The van der Waals surface area contributed by atoms with E-state index in [2.05, 4.69) is 23.1 Å². The van der Waals surface area contributed by atoms with E-state index < -0.39 is 17.8 Å². The fourth-order valence-electron chi connectivity index (χ4n) is 1.43. The molecule has 1 atom stereocenters. The summed E-state index contributed by atoms with van der Waals surface area (Å²) < 4.78 is 18.6. The third kappa shape index (κ3) is 6.40. The number of halogens is 1. The first kappa shape index (κ1) is 17.2. The number of amides is 1. The first-order valence-corrected chi connectivity index (χ1v) is 7.20. The molecule has 0 aromatic heterocycles. The van der Waals surface area contributed by atoms with E-state index >= 15 is 0 Å². The van der Waals surface area contributed by atoms with Crippen LogP contribution in [0, 0.1) is 5.82 Å². The molecule has 3 N–H and O–H groups in total. The van der Waals surface area contributed by atoms with Gasteiger partial charge in [-0.2, -0.15) is 0 Å². The average molecular weight is 313 g/mol. The first-order chi connectivity index (χ1) is 10.0. The first-order valence-electron chi connectivity index (χ1n) is 6.79. The molecular weight excluding hydrogens is 293 g/mol. The zero-order valence-electron chi connectivity index (χ0n) is 12.1. The zero-order valence-corrected chi connectivity index (χ0v) is 12.9. The summed E-state index contributed by atoms with van der Waals surface area (Å²) in [6.45, 7) is 4.33. The Labute approximate surface area is 129 Å². The van der Waals surface area contributed by atoms with Gasteiger partial charge in [-0.3, -0.25) is 15.6 Å². The molecule has 1 aromatic rings. The predicted molar refractivity (Wildman–Crippen MR) is 83.3 cm³/mol. The van der Waals surface area contributed by atoms with E-state index in [1.807, 2.05) is 0 Å². The molecule has 1 rings (SSSR count). The Morgan fingerprint density at radius 2 is 2.10 bits per heavy atom. The van der Waals surface area contributed by atoms with E-state index in [1.54, 1.807) is 12.1 Å². The standard InChI is InChI=1S/C14H20FN3O2S/c1-3-4-9-16-14(21)18-17-13(19)10(2)20-12-8-6-5-7-11(12)15/h5-8,10H,3-4,9H2,1-2H3,(H,17,19)(H2,16,18,21)/t10-/m0/s1. The van der Waals surface area contributed by atoms with Crippen LogP contribution in [0.5, 0.6) is 5.75 Å². The summed E-state index contributed by atoms with van der Waals surface area (Å²) in [7, 11) is 0. The van der Waals surface area contributed by atoms with Gasteiger partial charge in [-0.05, 0) is 37.7 Å². The van der Waals surface area contributed by atoms with Crippen molar-refractivity contribution in [2.24, 2.45) is 0 Å². The van der Waals surface area contributed by atoms with Crippen LogP contribution in [0.15, 0.2) is 24.3 Å². The van der Waals surface area contributed by atoms with Crippen LogP contribution in [0.2, 0.25) is 0 Å². The molecule has 0 bridgehead atoms. The Morgan fingerprint density at radius 1 is 1.38 bits per heavy atom. The molecule has 0 unspecified atom stereocenters. The van der Waals surface area contributed by atoms with Gasteiger partial charge in [-0.25, -0.2) is 4.39 Å². The monoisotopic (exact) mass is 313 g/mol. The summed E-state index contributed by atoms with van der Waals surface area (Å²) in [5.74, 6) is -0.927. The molecule has 0 saturated heterocycles. The van der Waals surface area contributed by atoms with Crippen LogP contribution < -0.4 is 20.9 Å². The van der Waals surface area contributed by atoms with Gasteiger partial charge in [0.2, 0.25) is 0 Å². The lowest BCUT2D eigenvalue weighted by atomic mass is 10.3. The number of thiocarbonyl (C=S) groups is 1. The molecule has 5 nitrogen and oxygen atoms in total. The van der Waals surface area contributed by atoms with Gasteiger partial charge in [-0.15, -0.1) is 0 Å². The fourth-order valence-corrected chi connectivity index (χ4v) is 1.58. The minimum atomic E-state index is -0.854. The van der Waals surface area contributed by atoms with Crippen LogP contribution >= 0.6 is 12.2 Å². The van der Waals surface area contributed by atoms with Gasteiger partial charge < -0.3 is 10.1 Å². The SMILES string of the molecule is CCCCNC(=S)NNC(=O)[C@H](C)Oc1ccccc1F. The molecule has 116 valence electrons. The Balaban J connectivity index is 2.34. The third-order valence-corrected chi connectivity index (χ3v) is 2.87. The van der Waals surface area contributed by atoms with Gasteiger partial charge in [0.25, 0.3) is 5.91 Å². The molecule has 1 aromatic carbocycles. The highest BCUT2D eigenvalue weighted by Crippen LogP contribution is 2.16. The van der Waals surface area contributed by atoms with E-state index in [0.29, 0.717) is 5.11 Å². The Morgan fingerprint density at radius 3 is 2.76 bits per heavy atom.